The number of halogens is 3. The predicted molar refractivity (Wildman–Crippen MR) is 87.2 cm³/mol. The molecule has 0 heterocycles. The molecule has 0 aromatic heterocycles. The van der Waals surface area contributed by atoms with E-state index in [0.717, 1.165) is 0 Å². The van der Waals surface area contributed by atoms with Crippen LogP contribution in [0.15, 0.2) is 16.6 Å². The number of carbonyl (C=O) groups is 2. The summed E-state index contributed by atoms with van der Waals surface area (Å²) in [7, 11) is 0. The molecule has 0 saturated carbocycles. The Morgan fingerprint density at radius 1 is 1.33 bits per heavy atom. The molecule has 0 aliphatic heterocycles. The topological polar surface area (TPSA) is 78.4 Å². The van der Waals surface area contributed by atoms with E-state index in [0.29, 0.717) is 10.9 Å². The molecule has 0 aliphatic rings. The second-order valence-electron chi connectivity index (χ2n) is 4.77. The second kappa shape index (κ2) is 7.33. The van der Waals surface area contributed by atoms with E-state index in [4.69, 9.17) is 28.3 Å². The number of hydrogen-bond donors (Lipinski definition) is 3. The normalized spacial score (nSPS) is 13.4. The minimum atomic E-state index is -1.02. The summed E-state index contributed by atoms with van der Waals surface area (Å²) in [6.07, 6.45) is 0.391. The lowest BCUT2D eigenvalue weighted by molar-refractivity contribution is -0.147. The van der Waals surface area contributed by atoms with Crippen molar-refractivity contribution >= 4 is 56.8 Å². The van der Waals surface area contributed by atoms with E-state index in [-0.39, 0.29) is 22.3 Å². The summed E-state index contributed by atoms with van der Waals surface area (Å²) in [6, 6.07) is 2.62. The van der Waals surface area contributed by atoms with E-state index < -0.39 is 17.4 Å². The van der Waals surface area contributed by atoms with Crippen LogP contribution >= 0.6 is 39.1 Å². The number of rotatable bonds is 5. The molecule has 0 radical (unpaired) electrons. The summed E-state index contributed by atoms with van der Waals surface area (Å²) in [5, 5.41) is 14.7. The molecule has 0 saturated heterocycles. The van der Waals surface area contributed by atoms with Crippen molar-refractivity contribution in [2.75, 3.05) is 11.9 Å². The van der Waals surface area contributed by atoms with Crippen LogP contribution in [0.3, 0.4) is 0 Å². The summed E-state index contributed by atoms with van der Waals surface area (Å²) in [6.45, 7) is 3.31. The van der Waals surface area contributed by atoms with Gasteiger partial charge in [-0.3, -0.25) is 4.79 Å². The van der Waals surface area contributed by atoms with Gasteiger partial charge in [0.25, 0.3) is 0 Å². The Labute approximate surface area is 141 Å². The summed E-state index contributed by atoms with van der Waals surface area (Å²) in [5.74, 6) is -0.968. The highest BCUT2D eigenvalue weighted by Gasteiger charge is 2.31. The molecule has 0 bridgehead atoms. The first-order chi connectivity index (χ1) is 9.69. The molecule has 8 heteroatoms. The molecule has 0 spiro atoms. The fourth-order valence-electron chi connectivity index (χ4n) is 1.45. The Hall–Kier alpha value is -0.980. The van der Waals surface area contributed by atoms with Crippen LogP contribution in [0.5, 0.6) is 0 Å². The largest absolute Gasteiger partial charge is 0.481 e. The van der Waals surface area contributed by atoms with Crippen LogP contribution in [0.1, 0.15) is 20.3 Å². The molecular formula is C13H15BrCl2N2O3. The first kappa shape index (κ1) is 18.1. The number of carboxylic acid groups (broad SMARTS) is 1. The molecule has 1 unspecified atom stereocenters. The molecule has 1 atom stereocenters. The van der Waals surface area contributed by atoms with Gasteiger partial charge in [0.05, 0.1) is 21.1 Å². The number of carbonyl (C=O) groups excluding carboxylic acids is 1. The number of carboxylic acids is 1. The third kappa shape index (κ3) is 4.76. The molecule has 1 aromatic carbocycles. The van der Waals surface area contributed by atoms with Crippen molar-refractivity contribution in [1.82, 2.24) is 5.32 Å². The Kier molecular flexibility index (Phi) is 6.31. The van der Waals surface area contributed by atoms with E-state index in [2.05, 4.69) is 26.6 Å². The fourth-order valence-corrected chi connectivity index (χ4v) is 2.75. The van der Waals surface area contributed by atoms with Gasteiger partial charge < -0.3 is 15.7 Å². The molecule has 1 aromatic rings. The minimum Gasteiger partial charge on any atom is -0.481 e. The van der Waals surface area contributed by atoms with Crippen LogP contribution in [0.2, 0.25) is 10.0 Å². The lowest BCUT2D eigenvalue weighted by atomic mass is 9.88. The monoisotopic (exact) mass is 396 g/mol. The first-order valence-corrected chi connectivity index (χ1v) is 7.67. The average molecular weight is 398 g/mol. The molecule has 0 aliphatic carbocycles. The van der Waals surface area contributed by atoms with E-state index >= 15 is 0 Å². The standard InChI is InChI=1S/C13H15BrCl2N2O3/c1-3-13(2,11(19)20)6-17-12(21)18-10-8(15)4-7(14)5-9(10)16/h4-5H,3,6H2,1-2H3,(H,19,20)(H2,17,18,21). The molecule has 116 valence electrons. The van der Waals surface area contributed by atoms with E-state index in [9.17, 15) is 9.59 Å². The van der Waals surface area contributed by atoms with E-state index in [1.807, 2.05) is 0 Å². The Balaban J connectivity index is 2.73. The van der Waals surface area contributed by atoms with Gasteiger partial charge in [-0.15, -0.1) is 0 Å². The van der Waals surface area contributed by atoms with Crippen LogP contribution in [0, 0.1) is 5.41 Å². The molecule has 3 N–H and O–H groups in total. The quantitative estimate of drug-likeness (QED) is 0.689. The maximum atomic E-state index is 11.8. The first-order valence-electron chi connectivity index (χ1n) is 6.12. The Morgan fingerprint density at radius 2 is 1.86 bits per heavy atom. The summed E-state index contributed by atoms with van der Waals surface area (Å²) < 4.78 is 0.688. The van der Waals surface area contributed by atoms with Crippen LogP contribution in [-0.2, 0) is 4.79 Å². The van der Waals surface area contributed by atoms with Crippen molar-refractivity contribution in [2.45, 2.75) is 20.3 Å². The van der Waals surface area contributed by atoms with Gasteiger partial charge in [0, 0.05) is 11.0 Å². The van der Waals surface area contributed by atoms with Gasteiger partial charge in [-0.2, -0.15) is 0 Å². The second-order valence-corrected chi connectivity index (χ2v) is 6.50. The van der Waals surface area contributed by atoms with Crippen molar-refractivity contribution < 1.29 is 14.7 Å². The highest BCUT2D eigenvalue weighted by molar-refractivity contribution is 9.10. The van der Waals surface area contributed by atoms with Crippen LogP contribution < -0.4 is 10.6 Å². The number of aliphatic carboxylic acids is 1. The van der Waals surface area contributed by atoms with Gasteiger partial charge in [0.1, 0.15) is 0 Å². The third-order valence-electron chi connectivity index (χ3n) is 3.18. The average Bonchev–Trinajstić information content (AvgIpc) is 2.39. The van der Waals surface area contributed by atoms with E-state index in [1.54, 1.807) is 26.0 Å². The number of nitrogens with one attached hydrogen (secondary N) is 2. The van der Waals surface area contributed by atoms with Gasteiger partial charge in [-0.1, -0.05) is 46.1 Å². The van der Waals surface area contributed by atoms with Gasteiger partial charge in [-0.25, -0.2) is 4.79 Å². The number of benzene rings is 1. The van der Waals surface area contributed by atoms with E-state index in [1.165, 1.54) is 0 Å². The van der Waals surface area contributed by atoms with Crippen molar-refractivity contribution in [1.29, 1.82) is 0 Å². The van der Waals surface area contributed by atoms with Crippen LogP contribution in [0.4, 0.5) is 10.5 Å². The van der Waals surface area contributed by atoms with Gasteiger partial charge >= 0.3 is 12.0 Å². The maximum Gasteiger partial charge on any atom is 0.319 e. The lowest BCUT2D eigenvalue weighted by Gasteiger charge is -2.23. The zero-order chi connectivity index (χ0) is 16.2. The zero-order valence-electron chi connectivity index (χ0n) is 11.5. The maximum absolute atomic E-state index is 11.8. The SMILES string of the molecule is CCC(C)(CNC(=O)Nc1c(Cl)cc(Br)cc1Cl)C(=O)O. The molecule has 5 nitrogen and oxygen atoms in total. The number of urea groups is 1. The molecular weight excluding hydrogens is 383 g/mol. The summed E-state index contributed by atoms with van der Waals surface area (Å²) in [5.41, 5.74) is -0.752. The Morgan fingerprint density at radius 3 is 2.29 bits per heavy atom. The highest BCUT2D eigenvalue weighted by Crippen LogP contribution is 2.33. The van der Waals surface area contributed by atoms with Crippen molar-refractivity contribution in [3.05, 3.63) is 26.7 Å². The molecule has 21 heavy (non-hydrogen) atoms. The van der Waals surface area contributed by atoms with Gasteiger partial charge in [-0.05, 0) is 25.5 Å². The molecule has 1 rings (SSSR count). The highest BCUT2D eigenvalue weighted by atomic mass is 79.9. The minimum absolute atomic E-state index is 0.00354. The smallest absolute Gasteiger partial charge is 0.319 e. The summed E-state index contributed by atoms with van der Waals surface area (Å²) >= 11 is 15.2. The number of anilines is 1. The predicted octanol–water partition coefficient (Wildman–Crippen LogP) is 4.38. The fraction of sp³-hybridized carbons (Fsp3) is 0.385. The summed E-state index contributed by atoms with van der Waals surface area (Å²) in [4.78, 5) is 23.0. The van der Waals surface area contributed by atoms with Gasteiger partial charge in [0.2, 0.25) is 0 Å². The van der Waals surface area contributed by atoms with Crippen LogP contribution in [-0.4, -0.2) is 23.7 Å². The van der Waals surface area contributed by atoms with Crippen LogP contribution in [0.25, 0.3) is 0 Å². The van der Waals surface area contributed by atoms with Crippen molar-refractivity contribution in [2.24, 2.45) is 5.41 Å². The van der Waals surface area contributed by atoms with Crippen molar-refractivity contribution in [3.8, 4) is 0 Å². The zero-order valence-corrected chi connectivity index (χ0v) is 14.6. The lowest BCUT2D eigenvalue weighted by Crippen LogP contribution is -2.42. The molecule has 0 fully saturated rings. The molecule has 2 amide bonds. The van der Waals surface area contributed by atoms with Crippen molar-refractivity contribution in [3.63, 3.8) is 0 Å². The Bertz CT molecular complexity index is 545. The number of amides is 2. The van der Waals surface area contributed by atoms with Gasteiger partial charge in [0.15, 0.2) is 0 Å². The number of hydrogen-bond acceptors (Lipinski definition) is 2. The third-order valence-corrected chi connectivity index (χ3v) is 4.24.